The third-order valence-electron chi connectivity index (χ3n) is 3.40. The van der Waals surface area contributed by atoms with Crippen LogP contribution >= 0.6 is 0 Å². The van der Waals surface area contributed by atoms with Crippen molar-refractivity contribution in [3.63, 3.8) is 0 Å². The lowest BCUT2D eigenvalue weighted by Gasteiger charge is -2.29. The Hall–Kier alpha value is -1.71. The van der Waals surface area contributed by atoms with E-state index < -0.39 is 0 Å². The van der Waals surface area contributed by atoms with Crippen LogP contribution < -0.4 is 10.1 Å². The summed E-state index contributed by atoms with van der Waals surface area (Å²) < 4.78 is 11.1. The highest BCUT2D eigenvalue weighted by atomic mass is 16.5. The van der Waals surface area contributed by atoms with Gasteiger partial charge in [-0.3, -0.25) is 0 Å². The Balaban J connectivity index is 2.29. The number of benzene rings is 1. The second-order valence-electron chi connectivity index (χ2n) is 5.83. The first-order chi connectivity index (χ1) is 8.95. The fraction of sp³-hybridized carbons (Fsp3) is 0.533. The molecule has 1 aromatic rings. The summed E-state index contributed by atoms with van der Waals surface area (Å²) in [4.78, 5) is 4.12. The Morgan fingerprint density at radius 3 is 2.32 bits per heavy atom. The molecule has 2 rings (SSSR count). The molecule has 0 spiro atoms. The maximum Gasteiger partial charge on any atom is 0.285 e. The van der Waals surface area contributed by atoms with Gasteiger partial charge in [-0.25, -0.2) is 4.99 Å². The van der Waals surface area contributed by atoms with Crippen LogP contribution in [0.2, 0.25) is 0 Å². The largest absolute Gasteiger partial charge is 0.497 e. The SMILES string of the molecule is CN=C1NC(C(C)(C)C)C(c2ccc(OC)cc2)O1. The average Bonchev–Trinajstić information content (AvgIpc) is 2.83. The van der Waals surface area contributed by atoms with Crippen molar-refractivity contribution in [3.05, 3.63) is 29.8 Å². The van der Waals surface area contributed by atoms with E-state index in [9.17, 15) is 0 Å². The van der Waals surface area contributed by atoms with Gasteiger partial charge in [-0.1, -0.05) is 32.9 Å². The molecule has 0 saturated carbocycles. The van der Waals surface area contributed by atoms with Gasteiger partial charge in [0, 0.05) is 7.05 Å². The molecule has 1 aliphatic heterocycles. The first-order valence-electron chi connectivity index (χ1n) is 6.49. The molecule has 1 fully saturated rings. The molecule has 1 saturated heterocycles. The van der Waals surface area contributed by atoms with Crippen LogP contribution in [0.15, 0.2) is 29.3 Å². The molecule has 19 heavy (non-hydrogen) atoms. The highest BCUT2D eigenvalue weighted by Crippen LogP contribution is 2.36. The van der Waals surface area contributed by atoms with Gasteiger partial charge in [0.05, 0.1) is 13.2 Å². The van der Waals surface area contributed by atoms with Crippen LogP contribution in [0.25, 0.3) is 0 Å². The highest BCUT2D eigenvalue weighted by Gasteiger charge is 2.41. The van der Waals surface area contributed by atoms with Crippen molar-refractivity contribution < 1.29 is 9.47 Å². The van der Waals surface area contributed by atoms with Gasteiger partial charge in [-0.05, 0) is 23.1 Å². The van der Waals surface area contributed by atoms with E-state index in [0.29, 0.717) is 6.02 Å². The van der Waals surface area contributed by atoms with Gasteiger partial charge in [-0.2, -0.15) is 0 Å². The van der Waals surface area contributed by atoms with Crippen LogP contribution in [-0.2, 0) is 4.74 Å². The van der Waals surface area contributed by atoms with E-state index in [2.05, 4.69) is 31.1 Å². The van der Waals surface area contributed by atoms with E-state index in [-0.39, 0.29) is 17.6 Å². The van der Waals surface area contributed by atoms with Crippen LogP contribution in [-0.4, -0.2) is 26.2 Å². The van der Waals surface area contributed by atoms with E-state index >= 15 is 0 Å². The molecule has 1 aliphatic rings. The first kappa shape index (κ1) is 13.7. The molecule has 1 heterocycles. The fourth-order valence-electron chi connectivity index (χ4n) is 2.27. The summed E-state index contributed by atoms with van der Waals surface area (Å²) in [5.41, 5.74) is 1.21. The minimum atomic E-state index is -0.0235. The van der Waals surface area contributed by atoms with Gasteiger partial charge in [0.25, 0.3) is 6.02 Å². The molecule has 0 aromatic heterocycles. The zero-order valence-corrected chi connectivity index (χ0v) is 12.2. The van der Waals surface area contributed by atoms with Gasteiger partial charge in [0.2, 0.25) is 0 Å². The molecule has 104 valence electrons. The number of methoxy groups -OCH3 is 1. The zero-order valence-electron chi connectivity index (χ0n) is 12.2. The minimum Gasteiger partial charge on any atom is -0.497 e. The third-order valence-corrected chi connectivity index (χ3v) is 3.40. The summed E-state index contributed by atoms with van der Waals surface area (Å²) in [7, 11) is 3.40. The number of hydrogen-bond acceptors (Lipinski definition) is 3. The van der Waals surface area contributed by atoms with Crippen molar-refractivity contribution >= 4 is 6.02 Å². The zero-order chi connectivity index (χ0) is 14.0. The summed E-state index contributed by atoms with van der Waals surface area (Å²) >= 11 is 0. The Morgan fingerprint density at radius 2 is 1.84 bits per heavy atom. The van der Waals surface area contributed by atoms with Gasteiger partial charge >= 0.3 is 0 Å². The number of nitrogens with zero attached hydrogens (tertiary/aromatic N) is 1. The second kappa shape index (κ2) is 5.11. The number of amidine groups is 1. The van der Waals surface area contributed by atoms with Crippen LogP contribution in [0.5, 0.6) is 5.75 Å². The van der Waals surface area contributed by atoms with Gasteiger partial charge in [0.15, 0.2) is 0 Å². The van der Waals surface area contributed by atoms with Crippen LogP contribution in [0.1, 0.15) is 32.4 Å². The van der Waals surface area contributed by atoms with Gasteiger partial charge in [-0.15, -0.1) is 0 Å². The van der Waals surface area contributed by atoms with E-state index in [1.165, 1.54) is 0 Å². The van der Waals surface area contributed by atoms with Crippen molar-refractivity contribution in [3.8, 4) is 5.75 Å². The Labute approximate surface area is 114 Å². The summed E-state index contributed by atoms with van der Waals surface area (Å²) in [6.45, 7) is 6.59. The average molecular weight is 262 g/mol. The predicted octanol–water partition coefficient (Wildman–Crippen LogP) is 2.76. The normalized spacial score (nSPS) is 25.0. The molecule has 2 unspecified atom stereocenters. The highest BCUT2D eigenvalue weighted by molar-refractivity contribution is 5.76. The Morgan fingerprint density at radius 1 is 1.21 bits per heavy atom. The topological polar surface area (TPSA) is 42.9 Å². The molecule has 4 heteroatoms. The minimum absolute atomic E-state index is 0.0235. The molecular weight excluding hydrogens is 240 g/mol. The van der Waals surface area contributed by atoms with Crippen LogP contribution in [0.3, 0.4) is 0 Å². The molecule has 0 amide bonds. The van der Waals surface area contributed by atoms with Crippen LogP contribution in [0, 0.1) is 5.41 Å². The summed E-state index contributed by atoms with van der Waals surface area (Å²) in [6, 6.07) is 8.81. The summed E-state index contributed by atoms with van der Waals surface area (Å²) in [5.74, 6) is 0.853. The van der Waals surface area contributed by atoms with Crippen molar-refractivity contribution in [1.29, 1.82) is 0 Å². The molecule has 4 nitrogen and oxygen atoms in total. The van der Waals surface area contributed by atoms with Gasteiger partial charge in [0.1, 0.15) is 11.9 Å². The predicted molar refractivity (Wildman–Crippen MR) is 76.6 cm³/mol. The quantitative estimate of drug-likeness (QED) is 0.891. The van der Waals surface area contributed by atoms with Crippen molar-refractivity contribution in [1.82, 2.24) is 5.32 Å². The maximum atomic E-state index is 5.91. The smallest absolute Gasteiger partial charge is 0.285 e. The Bertz CT molecular complexity index is 460. The van der Waals surface area contributed by atoms with E-state index in [1.54, 1.807) is 14.2 Å². The number of rotatable bonds is 2. The molecule has 0 aliphatic carbocycles. The number of ether oxygens (including phenoxy) is 2. The maximum absolute atomic E-state index is 5.91. The van der Waals surface area contributed by atoms with E-state index in [0.717, 1.165) is 11.3 Å². The molecule has 2 atom stereocenters. The van der Waals surface area contributed by atoms with E-state index in [4.69, 9.17) is 9.47 Å². The molecule has 1 N–H and O–H groups in total. The lowest BCUT2D eigenvalue weighted by molar-refractivity contribution is 0.144. The Kier molecular flexibility index (Phi) is 3.69. The molecular formula is C15H22N2O2. The van der Waals surface area contributed by atoms with Gasteiger partial charge < -0.3 is 14.8 Å². The second-order valence-corrected chi connectivity index (χ2v) is 5.83. The summed E-state index contributed by atoms with van der Waals surface area (Å²) in [6.07, 6.45) is -0.0235. The van der Waals surface area contributed by atoms with Crippen LogP contribution in [0.4, 0.5) is 0 Å². The standard InChI is InChI=1S/C15H22N2O2/c1-15(2,3)13-12(19-14(16-4)17-13)10-6-8-11(18-5)9-7-10/h6-9,12-13H,1-5H3,(H,16,17). The monoisotopic (exact) mass is 262 g/mol. The number of nitrogens with one attached hydrogen (secondary N) is 1. The number of hydrogen-bond donors (Lipinski definition) is 1. The third kappa shape index (κ3) is 2.83. The summed E-state index contributed by atoms with van der Waals surface area (Å²) in [5, 5.41) is 3.35. The first-order valence-corrected chi connectivity index (χ1v) is 6.49. The molecule has 0 bridgehead atoms. The fourth-order valence-corrected chi connectivity index (χ4v) is 2.27. The van der Waals surface area contributed by atoms with Crippen molar-refractivity contribution in [2.45, 2.75) is 32.9 Å². The molecule has 1 aromatic carbocycles. The van der Waals surface area contributed by atoms with E-state index in [1.807, 2.05) is 24.3 Å². The lowest BCUT2D eigenvalue weighted by Crippen LogP contribution is -2.39. The number of aliphatic imine (C=N–C) groups is 1. The lowest BCUT2D eigenvalue weighted by atomic mass is 9.82. The van der Waals surface area contributed by atoms with Crippen molar-refractivity contribution in [2.75, 3.05) is 14.2 Å². The van der Waals surface area contributed by atoms with Crippen molar-refractivity contribution in [2.24, 2.45) is 10.4 Å². The molecule has 0 radical (unpaired) electrons.